The predicted octanol–water partition coefficient (Wildman–Crippen LogP) is 2.86. The van der Waals surface area contributed by atoms with Gasteiger partial charge in [-0.3, -0.25) is 0 Å². The first-order valence-electron chi connectivity index (χ1n) is 6.38. The lowest BCUT2D eigenvalue weighted by molar-refractivity contribution is 0.335. The summed E-state index contributed by atoms with van der Waals surface area (Å²) in [4.78, 5) is 0. The number of aromatic nitrogens is 6. The van der Waals surface area contributed by atoms with Gasteiger partial charge >= 0.3 is 0 Å². The van der Waals surface area contributed by atoms with Crippen molar-refractivity contribution >= 4 is 34.7 Å². The van der Waals surface area contributed by atoms with Crippen LogP contribution < -0.4 is 4.74 Å². The lowest BCUT2D eigenvalue weighted by atomic mass is 10.3. The third-order valence-corrected chi connectivity index (χ3v) is 4.72. The number of thioether (sulfide) groups is 1. The maximum absolute atomic E-state index is 6.00. The number of nitrogens with zero attached hydrogens (tertiary/aromatic N) is 6. The minimum absolute atomic E-state index is 0.576. The number of benzene rings is 1. The number of rotatable bonds is 6. The van der Waals surface area contributed by atoms with Crippen molar-refractivity contribution in [3.05, 3.63) is 34.3 Å². The quantitative estimate of drug-likeness (QED) is 0.630. The zero-order valence-electron chi connectivity index (χ0n) is 11.5. The van der Waals surface area contributed by atoms with E-state index in [1.165, 1.54) is 23.1 Å². The highest BCUT2D eigenvalue weighted by molar-refractivity contribution is 7.98. The van der Waals surface area contributed by atoms with Crippen molar-refractivity contribution < 1.29 is 4.74 Å². The molecule has 0 bridgehead atoms. The van der Waals surface area contributed by atoms with Crippen LogP contribution in [0.15, 0.2) is 29.4 Å². The van der Waals surface area contributed by atoms with Gasteiger partial charge in [-0.15, -0.1) is 15.3 Å². The summed E-state index contributed by atoms with van der Waals surface area (Å²) < 4.78 is 6.95. The maximum atomic E-state index is 6.00. The second-order valence-electron chi connectivity index (χ2n) is 4.04. The monoisotopic (exact) mass is 354 g/mol. The van der Waals surface area contributed by atoms with Crippen LogP contribution >= 0.6 is 34.7 Å². The minimum atomic E-state index is 0.576. The molecule has 0 amide bonds. The molecule has 22 heavy (non-hydrogen) atoms. The maximum Gasteiger partial charge on any atom is 0.294 e. The Morgan fingerprint density at radius 1 is 1.32 bits per heavy atom. The normalized spacial score (nSPS) is 10.8. The van der Waals surface area contributed by atoms with Crippen LogP contribution in [0.25, 0.3) is 5.69 Å². The van der Waals surface area contributed by atoms with Gasteiger partial charge in [0.05, 0.1) is 18.0 Å². The average molecular weight is 355 g/mol. The third kappa shape index (κ3) is 3.54. The van der Waals surface area contributed by atoms with Crippen LogP contribution in [-0.2, 0) is 5.75 Å². The zero-order chi connectivity index (χ0) is 15.4. The minimum Gasteiger partial charge on any atom is -0.469 e. The Kier molecular flexibility index (Phi) is 4.86. The van der Waals surface area contributed by atoms with E-state index >= 15 is 0 Å². The lowest BCUT2D eigenvalue weighted by Crippen LogP contribution is -1.98. The van der Waals surface area contributed by atoms with Gasteiger partial charge < -0.3 is 4.74 Å². The summed E-state index contributed by atoms with van der Waals surface area (Å²) in [6.07, 6.45) is 0. The first-order chi connectivity index (χ1) is 10.8. The lowest BCUT2D eigenvalue weighted by Gasteiger charge is -2.03. The van der Waals surface area contributed by atoms with Gasteiger partial charge in [-0.25, -0.2) is 0 Å². The number of ether oxygens (including phenoxy) is 1. The number of hydrogen-bond donors (Lipinski definition) is 0. The van der Waals surface area contributed by atoms with Gasteiger partial charge in [-0.2, -0.15) is 4.68 Å². The Morgan fingerprint density at radius 2 is 2.23 bits per heavy atom. The number of hydrogen-bond acceptors (Lipinski definition) is 8. The molecule has 0 radical (unpaired) electrons. The van der Waals surface area contributed by atoms with Crippen LogP contribution in [-0.4, -0.2) is 37.0 Å². The smallest absolute Gasteiger partial charge is 0.294 e. The van der Waals surface area contributed by atoms with Crippen LogP contribution in [0, 0.1) is 0 Å². The molecule has 2 heterocycles. The highest BCUT2D eigenvalue weighted by Crippen LogP contribution is 2.26. The van der Waals surface area contributed by atoms with E-state index in [4.69, 9.17) is 16.3 Å². The zero-order valence-corrected chi connectivity index (χ0v) is 13.9. The number of halogens is 1. The first kappa shape index (κ1) is 15.2. The predicted molar refractivity (Wildman–Crippen MR) is 84.8 cm³/mol. The molecule has 0 unspecified atom stereocenters. The van der Waals surface area contributed by atoms with Gasteiger partial charge in [0.25, 0.3) is 5.19 Å². The fourth-order valence-electron chi connectivity index (χ4n) is 1.64. The molecule has 10 heteroatoms. The molecule has 0 saturated heterocycles. The summed E-state index contributed by atoms with van der Waals surface area (Å²) in [5.74, 6) is 0.617. The van der Waals surface area contributed by atoms with Crippen molar-refractivity contribution in [3.63, 3.8) is 0 Å². The molecule has 0 fully saturated rings. The molecular formula is C12H11ClN6OS2. The van der Waals surface area contributed by atoms with Crippen LogP contribution in [0.4, 0.5) is 0 Å². The summed E-state index contributed by atoms with van der Waals surface area (Å²) in [5, 5.41) is 22.5. The average Bonchev–Trinajstić information content (AvgIpc) is 3.14. The molecule has 0 aliphatic carbocycles. The molecule has 0 saturated carbocycles. The summed E-state index contributed by atoms with van der Waals surface area (Å²) in [6.45, 7) is 2.49. The molecular weight excluding hydrogens is 344 g/mol. The van der Waals surface area contributed by atoms with Crippen molar-refractivity contribution in [2.75, 3.05) is 6.61 Å². The van der Waals surface area contributed by atoms with Crippen molar-refractivity contribution in [1.82, 2.24) is 30.4 Å². The molecule has 3 aromatic rings. The molecule has 1 aromatic carbocycles. The molecule has 2 aromatic heterocycles. The Labute approximate surface area is 139 Å². The van der Waals surface area contributed by atoms with E-state index in [0.717, 1.165) is 10.7 Å². The molecule has 0 aliphatic rings. The van der Waals surface area contributed by atoms with E-state index in [2.05, 4.69) is 25.7 Å². The van der Waals surface area contributed by atoms with Gasteiger partial charge in [0, 0.05) is 5.02 Å². The molecule has 0 spiro atoms. The van der Waals surface area contributed by atoms with E-state index in [9.17, 15) is 0 Å². The van der Waals surface area contributed by atoms with Gasteiger partial charge in [0.15, 0.2) is 0 Å². The molecule has 7 nitrogen and oxygen atoms in total. The van der Waals surface area contributed by atoms with Gasteiger partial charge in [-0.1, -0.05) is 40.8 Å². The van der Waals surface area contributed by atoms with E-state index in [1.54, 1.807) is 16.8 Å². The van der Waals surface area contributed by atoms with Crippen LogP contribution in [0.3, 0.4) is 0 Å². The van der Waals surface area contributed by atoms with Crippen molar-refractivity contribution in [2.45, 2.75) is 17.8 Å². The fraction of sp³-hybridized carbons (Fsp3) is 0.250. The second-order valence-corrected chi connectivity index (χ2v) is 6.44. The summed E-state index contributed by atoms with van der Waals surface area (Å²) in [5.41, 5.74) is 0.812. The molecule has 0 N–H and O–H groups in total. The molecule has 0 aliphatic heterocycles. The van der Waals surface area contributed by atoms with Crippen molar-refractivity contribution in [1.29, 1.82) is 0 Å². The van der Waals surface area contributed by atoms with E-state index < -0.39 is 0 Å². The third-order valence-electron chi connectivity index (χ3n) is 2.53. The fourth-order valence-corrected chi connectivity index (χ4v) is 3.45. The van der Waals surface area contributed by atoms with E-state index in [0.29, 0.717) is 27.7 Å². The largest absolute Gasteiger partial charge is 0.469 e. The highest BCUT2D eigenvalue weighted by atomic mass is 35.5. The number of tetrazole rings is 1. The van der Waals surface area contributed by atoms with Crippen molar-refractivity contribution in [2.24, 2.45) is 0 Å². The van der Waals surface area contributed by atoms with E-state index in [-0.39, 0.29) is 0 Å². The molecule has 0 atom stereocenters. The topological polar surface area (TPSA) is 78.6 Å². The van der Waals surface area contributed by atoms with Crippen LogP contribution in [0.5, 0.6) is 5.19 Å². The Hall–Kier alpha value is -1.71. The summed E-state index contributed by atoms with van der Waals surface area (Å²) in [7, 11) is 0. The summed E-state index contributed by atoms with van der Waals surface area (Å²) in [6, 6.07) is 7.36. The first-order valence-corrected chi connectivity index (χ1v) is 8.56. The van der Waals surface area contributed by atoms with E-state index in [1.807, 2.05) is 19.1 Å². The van der Waals surface area contributed by atoms with Crippen molar-refractivity contribution in [3.8, 4) is 10.9 Å². The second kappa shape index (κ2) is 7.03. The SMILES string of the molecule is CCOc1nnc(CSc2nnnn2-c2cccc(Cl)c2)s1. The Bertz CT molecular complexity index is 761. The summed E-state index contributed by atoms with van der Waals surface area (Å²) >= 11 is 8.89. The van der Waals surface area contributed by atoms with Gasteiger partial charge in [0.2, 0.25) is 5.16 Å². The van der Waals surface area contributed by atoms with Crippen LogP contribution in [0.2, 0.25) is 5.02 Å². The van der Waals surface area contributed by atoms with Crippen LogP contribution in [0.1, 0.15) is 11.9 Å². The Balaban J connectivity index is 1.72. The van der Waals surface area contributed by atoms with Gasteiger partial charge in [-0.05, 0) is 35.5 Å². The molecule has 114 valence electrons. The highest BCUT2D eigenvalue weighted by Gasteiger charge is 2.12. The van der Waals surface area contributed by atoms with Gasteiger partial charge in [0.1, 0.15) is 5.01 Å². The standard InChI is InChI=1S/C12H11ClN6OS2/c1-2-20-12-16-14-10(22-12)7-21-11-15-17-18-19(11)9-5-3-4-8(13)6-9/h3-6H,2,7H2,1H3. The Morgan fingerprint density at radius 3 is 3.05 bits per heavy atom. The molecule has 3 rings (SSSR count).